The molecule has 20 heavy (non-hydrogen) atoms. The molecule has 2 atom stereocenters. The second-order valence-electron chi connectivity index (χ2n) is 5.02. The molecule has 2 unspecified atom stereocenters. The van der Waals surface area contributed by atoms with Crippen molar-refractivity contribution < 1.29 is 4.79 Å². The zero-order valence-electron chi connectivity index (χ0n) is 11.3. The zero-order valence-corrected chi connectivity index (χ0v) is 13.6. The van der Waals surface area contributed by atoms with Gasteiger partial charge in [-0.2, -0.15) is 0 Å². The molecule has 1 aliphatic heterocycles. The van der Waals surface area contributed by atoms with Crippen molar-refractivity contribution >= 4 is 41.5 Å². The molecule has 1 aromatic rings. The third-order valence-electron chi connectivity index (χ3n) is 3.39. The average Bonchev–Trinajstić information content (AvgIpc) is 2.34. The van der Waals surface area contributed by atoms with E-state index in [1.165, 1.54) is 0 Å². The van der Waals surface area contributed by atoms with Gasteiger partial charge in [0.15, 0.2) is 0 Å². The van der Waals surface area contributed by atoms with E-state index in [1.807, 2.05) is 0 Å². The van der Waals surface area contributed by atoms with Gasteiger partial charge in [-0.1, -0.05) is 29.3 Å². The van der Waals surface area contributed by atoms with Crippen molar-refractivity contribution in [2.45, 2.75) is 38.3 Å². The summed E-state index contributed by atoms with van der Waals surface area (Å²) in [6.07, 6.45) is 2.16. The molecule has 0 aliphatic carbocycles. The van der Waals surface area contributed by atoms with Crippen LogP contribution in [0.4, 0.5) is 0 Å². The van der Waals surface area contributed by atoms with Crippen LogP contribution >= 0.6 is 35.6 Å². The molecule has 0 aromatic heterocycles. The molecule has 112 valence electrons. The minimum absolute atomic E-state index is 0. The van der Waals surface area contributed by atoms with Crippen LogP contribution < -0.4 is 10.6 Å². The lowest BCUT2D eigenvalue weighted by Gasteiger charge is -2.28. The molecule has 1 aromatic carbocycles. The molecule has 1 saturated heterocycles. The highest BCUT2D eigenvalue weighted by molar-refractivity contribution is 6.36. The van der Waals surface area contributed by atoms with Crippen molar-refractivity contribution in [1.29, 1.82) is 0 Å². The van der Waals surface area contributed by atoms with Crippen LogP contribution in [-0.4, -0.2) is 24.5 Å². The topological polar surface area (TPSA) is 41.1 Å². The summed E-state index contributed by atoms with van der Waals surface area (Å²) >= 11 is 12.1. The summed E-state index contributed by atoms with van der Waals surface area (Å²) in [6.45, 7) is 3.07. The summed E-state index contributed by atoms with van der Waals surface area (Å²) in [4.78, 5) is 12.0. The largest absolute Gasteiger partial charge is 0.353 e. The predicted octanol–water partition coefficient (Wildman–Crippen LogP) is 3.21. The molecular weight excluding hydrogens is 319 g/mol. The van der Waals surface area contributed by atoms with Gasteiger partial charge in [-0.3, -0.25) is 4.79 Å². The Morgan fingerprint density at radius 1 is 1.40 bits per heavy atom. The molecular formula is C14H19Cl3N2O. The standard InChI is InChI=1S/C14H18Cl2N2O.ClH/c1-9-7-10(5-6-17-9)18-14(19)8-11-12(15)3-2-4-13(11)16;/h2-4,9-10,17H,5-8H2,1H3,(H,18,19);1H. The molecule has 6 heteroatoms. The fourth-order valence-electron chi connectivity index (χ4n) is 2.40. The minimum atomic E-state index is -0.0194. The molecule has 0 radical (unpaired) electrons. The van der Waals surface area contributed by atoms with E-state index in [2.05, 4.69) is 17.6 Å². The predicted molar refractivity (Wildman–Crippen MR) is 86.0 cm³/mol. The fraction of sp³-hybridized carbons (Fsp3) is 0.500. The van der Waals surface area contributed by atoms with Crippen molar-refractivity contribution in [3.05, 3.63) is 33.8 Å². The van der Waals surface area contributed by atoms with Gasteiger partial charge in [0, 0.05) is 22.1 Å². The van der Waals surface area contributed by atoms with Crippen LogP contribution in [0.15, 0.2) is 18.2 Å². The molecule has 2 rings (SSSR count). The van der Waals surface area contributed by atoms with Crippen molar-refractivity contribution in [3.8, 4) is 0 Å². The highest BCUT2D eigenvalue weighted by Crippen LogP contribution is 2.24. The van der Waals surface area contributed by atoms with Gasteiger partial charge in [-0.15, -0.1) is 12.4 Å². The quantitative estimate of drug-likeness (QED) is 0.889. The number of rotatable bonds is 3. The van der Waals surface area contributed by atoms with Gasteiger partial charge >= 0.3 is 0 Å². The van der Waals surface area contributed by atoms with E-state index in [1.54, 1.807) is 18.2 Å². The Labute approximate surface area is 135 Å². The lowest BCUT2D eigenvalue weighted by molar-refractivity contribution is -0.121. The molecule has 0 saturated carbocycles. The van der Waals surface area contributed by atoms with E-state index in [0.717, 1.165) is 19.4 Å². The maximum atomic E-state index is 12.0. The van der Waals surface area contributed by atoms with Crippen molar-refractivity contribution in [3.63, 3.8) is 0 Å². The smallest absolute Gasteiger partial charge is 0.224 e. The molecule has 0 bridgehead atoms. The fourth-order valence-corrected chi connectivity index (χ4v) is 2.93. The summed E-state index contributed by atoms with van der Waals surface area (Å²) in [6, 6.07) is 5.97. The number of piperidine rings is 1. The lowest BCUT2D eigenvalue weighted by atomic mass is 10.0. The Morgan fingerprint density at radius 2 is 2.05 bits per heavy atom. The molecule has 1 aliphatic rings. The monoisotopic (exact) mass is 336 g/mol. The van der Waals surface area contributed by atoms with Gasteiger partial charge in [0.05, 0.1) is 6.42 Å². The maximum absolute atomic E-state index is 12.0. The van der Waals surface area contributed by atoms with Crippen molar-refractivity contribution in [2.75, 3.05) is 6.54 Å². The van der Waals surface area contributed by atoms with Crippen LogP contribution in [0.2, 0.25) is 10.0 Å². The van der Waals surface area contributed by atoms with Gasteiger partial charge in [0.25, 0.3) is 0 Å². The van der Waals surface area contributed by atoms with Crippen LogP contribution in [0.25, 0.3) is 0 Å². The average molecular weight is 338 g/mol. The highest BCUT2D eigenvalue weighted by Gasteiger charge is 2.20. The number of halogens is 3. The Kier molecular flexibility index (Phi) is 7.10. The highest BCUT2D eigenvalue weighted by atomic mass is 35.5. The molecule has 3 nitrogen and oxygen atoms in total. The SMILES string of the molecule is CC1CC(NC(=O)Cc2c(Cl)cccc2Cl)CCN1.Cl. The first kappa shape index (κ1) is 17.6. The summed E-state index contributed by atoms with van der Waals surface area (Å²) in [5.74, 6) is -0.0194. The Balaban J connectivity index is 0.00000200. The number of benzene rings is 1. The first-order valence-corrected chi connectivity index (χ1v) is 7.27. The van der Waals surface area contributed by atoms with Crippen LogP contribution in [0.5, 0.6) is 0 Å². The molecule has 0 spiro atoms. The van der Waals surface area contributed by atoms with Gasteiger partial charge in [-0.25, -0.2) is 0 Å². The van der Waals surface area contributed by atoms with E-state index in [0.29, 0.717) is 21.7 Å². The Morgan fingerprint density at radius 3 is 2.65 bits per heavy atom. The van der Waals surface area contributed by atoms with Crippen molar-refractivity contribution in [2.24, 2.45) is 0 Å². The first-order valence-electron chi connectivity index (χ1n) is 6.52. The second kappa shape index (κ2) is 8.08. The summed E-state index contributed by atoms with van der Waals surface area (Å²) in [5.41, 5.74) is 0.699. The lowest BCUT2D eigenvalue weighted by Crippen LogP contribution is -2.47. The first-order chi connectivity index (χ1) is 9.06. The molecule has 1 heterocycles. The van der Waals surface area contributed by atoms with Gasteiger partial charge in [-0.05, 0) is 44.0 Å². The number of amides is 1. The summed E-state index contributed by atoms with van der Waals surface area (Å²) in [7, 11) is 0. The molecule has 1 fully saturated rings. The van der Waals surface area contributed by atoms with Crippen molar-refractivity contribution in [1.82, 2.24) is 10.6 Å². The summed E-state index contributed by atoms with van der Waals surface area (Å²) < 4.78 is 0. The Hall–Kier alpha value is -0.480. The number of carbonyl (C=O) groups excluding carboxylic acids is 1. The van der Waals surface area contributed by atoms with Crippen LogP contribution in [-0.2, 0) is 11.2 Å². The van der Waals surface area contributed by atoms with E-state index < -0.39 is 0 Å². The van der Waals surface area contributed by atoms with Gasteiger partial charge < -0.3 is 10.6 Å². The third-order valence-corrected chi connectivity index (χ3v) is 4.10. The van der Waals surface area contributed by atoms with Gasteiger partial charge in [0.2, 0.25) is 5.91 Å². The van der Waals surface area contributed by atoms with E-state index in [9.17, 15) is 4.79 Å². The Bertz CT molecular complexity index is 447. The third kappa shape index (κ3) is 4.81. The van der Waals surface area contributed by atoms with E-state index >= 15 is 0 Å². The zero-order chi connectivity index (χ0) is 13.8. The van der Waals surface area contributed by atoms with E-state index in [4.69, 9.17) is 23.2 Å². The normalized spacial score (nSPS) is 21.9. The number of hydrogen-bond acceptors (Lipinski definition) is 2. The van der Waals surface area contributed by atoms with Gasteiger partial charge in [0.1, 0.15) is 0 Å². The van der Waals surface area contributed by atoms with E-state index in [-0.39, 0.29) is 30.8 Å². The minimum Gasteiger partial charge on any atom is -0.353 e. The van der Waals surface area contributed by atoms with Crippen LogP contribution in [0.3, 0.4) is 0 Å². The molecule has 1 amide bonds. The van der Waals surface area contributed by atoms with Crippen LogP contribution in [0.1, 0.15) is 25.3 Å². The molecule has 2 N–H and O–H groups in total. The maximum Gasteiger partial charge on any atom is 0.224 e. The second-order valence-corrected chi connectivity index (χ2v) is 5.84. The summed E-state index contributed by atoms with van der Waals surface area (Å²) in [5, 5.41) is 7.50. The van der Waals surface area contributed by atoms with Crippen LogP contribution in [0, 0.1) is 0 Å². The number of carbonyl (C=O) groups is 1. The number of nitrogens with one attached hydrogen (secondary N) is 2. The number of hydrogen-bond donors (Lipinski definition) is 2.